The topological polar surface area (TPSA) is 67.9 Å². The van der Waals surface area contributed by atoms with Gasteiger partial charge < -0.3 is 14.4 Å². The van der Waals surface area contributed by atoms with E-state index in [2.05, 4.69) is 10.8 Å². The molecule has 0 fully saturated rings. The lowest BCUT2D eigenvalue weighted by molar-refractivity contribution is 0.215. The lowest BCUT2D eigenvalue weighted by Gasteiger charge is -2.17. The van der Waals surface area contributed by atoms with Crippen LogP contribution in [0.15, 0.2) is 77.7 Å². The maximum Gasteiger partial charge on any atom is 0.241 e. The molecule has 1 N–H and O–H groups in total. The standard InChI is InChI=1S/C30H34N2O4S/c1-21-12-13-22(2)28(18-21)35-16-17-36-29-19-24(15-14-23(29)3)20-31-37(33,34)30-11-7-8-25-26(30)9-6-10-27(25)32(4)5/h6-15,18-19,31H,16-17,20H2,1-5H3. The Morgan fingerprint density at radius 2 is 1.38 bits per heavy atom. The van der Waals surface area contributed by atoms with E-state index in [1.165, 1.54) is 0 Å². The van der Waals surface area contributed by atoms with Gasteiger partial charge in [0.25, 0.3) is 0 Å². The molecule has 0 spiro atoms. The third-order valence-corrected chi connectivity index (χ3v) is 7.75. The normalized spacial score (nSPS) is 11.5. The number of fused-ring (bicyclic) bond motifs is 1. The van der Waals surface area contributed by atoms with Crippen molar-refractivity contribution >= 4 is 26.5 Å². The molecule has 0 heterocycles. The lowest BCUT2D eigenvalue weighted by Crippen LogP contribution is -2.23. The molecule has 7 heteroatoms. The molecule has 0 aliphatic rings. The van der Waals surface area contributed by atoms with Crippen molar-refractivity contribution in [2.75, 3.05) is 32.2 Å². The smallest absolute Gasteiger partial charge is 0.241 e. The Labute approximate surface area is 219 Å². The SMILES string of the molecule is Cc1ccc(C)c(OCCOc2cc(CNS(=O)(=O)c3cccc4c(N(C)C)cccc34)ccc2C)c1. The third kappa shape index (κ3) is 6.24. The van der Waals surface area contributed by atoms with Crippen molar-refractivity contribution in [1.29, 1.82) is 0 Å². The van der Waals surface area contributed by atoms with Crippen molar-refractivity contribution in [3.63, 3.8) is 0 Å². The summed E-state index contributed by atoms with van der Waals surface area (Å²) in [4.78, 5) is 2.24. The number of nitrogens with zero attached hydrogens (tertiary/aromatic N) is 1. The van der Waals surface area contributed by atoms with E-state index < -0.39 is 10.0 Å². The first-order valence-electron chi connectivity index (χ1n) is 12.3. The molecule has 4 aromatic rings. The van der Waals surface area contributed by atoms with Crippen LogP contribution < -0.4 is 19.1 Å². The second-order valence-corrected chi connectivity index (χ2v) is 11.1. The Morgan fingerprint density at radius 1 is 0.757 bits per heavy atom. The van der Waals surface area contributed by atoms with Gasteiger partial charge in [0.05, 0.1) is 4.90 Å². The fourth-order valence-corrected chi connectivity index (χ4v) is 5.46. The molecular formula is C30H34N2O4S. The minimum absolute atomic E-state index is 0.154. The van der Waals surface area contributed by atoms with E-state index in [0.717, 1.165) is 39.1 Å². The zero-order valence-electron chi connectivity index (χ0n) is 22.0. The van der Waals surface area contributed by atoms with Gasteiger partial charge in [-0.3, -0.25) is 0 Å². The molecule has 4 rings (SSSR count). The summed E-state index contributed by atoms with van der Waals surface area (Å²) in [6.45, 7) is 6.97. The van der Waals surface area contributed by atoms with Crippen LogP contribution in [0.2, 0.25) is 0 Å². The van der Waals surface area contributed by atoms with Gasteiger partial charge in [0.2, 0.25) is 10.0 Å². The molecule has 194 valence electrons. The summed E-state index contributed by atoms with van der Waals surface area (Å²) in [5.74, 6) is 1.57. The van der Waals surface area contributed by atoms with E-state index in [1.54, 1.807) is 12.1 Å². The first-order chi connectivity index (χ1) is 17.7. The molecule has 0 aromatic heterocycles. The fourth-order valence-electron chi connectivity index (χ4n) is 4.22. The molecule has 0 aliphatic carbocycles. The van der Waals surface area contributed by atoms with Crippen LogP contribution in [0.25, 0.3) is 10.8 Å². The van der Waals surface area contributed by atoms with Crippen LogP contribution in [0.3, 0.4) is 0 Å². The van der Waals surface area contributed by atoms with Gasteiger partial charge in [-0.15, -0.1) is 0 Å². The van der Waals surface area contributed by atoms with Crippen LogP contribution >= 0.6 is 0 Å². The Morgan fingerprint density at radius 3 is 2.08 bits per heavy atom. The van der Waals surface area contributed by atoms with Crippen LogP contribution in [-0.2, 0) is 16.6 Å². The summed E-state index contributed by atoms with van der Waals surface area (Å²) in [5.41, 5.74) is 4.99. The fraction of sp³-hybridized carbons (Fsp3) is 0.267. The average Bonchev–Trinajstić information content (AvgIpc) is 2.87. The zero-order chi connectivity index (χ0) is 26.6. The van der Waals surface area contributed by atoms with Crippen LogP contribution in [0.4, 0.5) is 5.69 Å². The number of benzene rings is 4. The van der Waals surface area contributed by atoms with E-state index >= 15 is 0 Å². The summed E-state index contributed by atoms with van der Waals surface area (Å²) in [6.07, 6.45) is 0. The van der Waals surface area contributed by atoms with Crippen LogP contribution in [0.5, 0.6) is 11.5 Å². The molecule has 0 saturated carbocycles. The van der Waals surface area contributed by atoms with Crippen LogP contribution in [0.1, 0.15) is 22.3 Å². The molecule has 4 aromatic carbocycles. The number of hydrogen-bond acceptors (Lipinski definition) is 5. The second-order valence-electron chi connectivity index (χ2n) is 9.41. The van der Waals surface area contributed by atoms with Gasteiger partial charge in [0.15, 0.2) is 0 Å². The van der Waals surface area contributed by atoms with Crippen molar-refractivity contribution in [3.8, 4) is 11.5 Å². The Hall–Kier alpha value is -3.55. The lowest BCUT2D eigenvalue weighted by atomic mass is 10.1. The van der Waals surface area contributed by atoms with Gasteiger partial charge in [-0.2, -0.15) is 0 Å². The molecule has 0 saturated heterocycles. The van der Waals surface area contributed by atoms with Gasteiger partial charge in [0.1, 0.15) is 24.7 Å². The van der Waals surface area contributed by atoms with Crippen molar-refractivity contribution in [1.82, 2.24) is 4.72 Å². The third-order valence-electron chi connectivity index (χ3n) is 6.29. The Balaban J connectivity index is 1.43. The van der Waals surface area contributed by atoms with Crippen molar-refractivity contribution in [2.45, 2.75) is 32.2 Å². The first kappa shape index (κ1) is 26.5. The largest absolute Gasteiger partial charge is 0.490 e. The van der Waals surface area contributed by atoms with Gasteiger partial charge >= 0.3 is 0 Å². The number of nitrogens with one attached hydrogen (secondary N) is 1. The van der Waals surface area contributed by atoms with Crippen LogP contribution in [0, 0.1) is 20.8 Å². The van der Waals surface area contributed by atoms with Gasteiger partial charge in [-0.25, -0.2) is 13.1 Å². The maximum atomic E-state index is 13.3. The number of hydrogen-bond donors (Lipinski definition) is 1. The van der Waals surface area contributed by atoms with Crippen molar-refractivity contribution < 1.29 is 17.9 Å². The van der Waals surface area contributed by atoms with Gasteiger partial charge in [-0.05, 0) is 67.3 Å². The summed E-state index contributed by atoms with van der Waals surface area (Å²) in [5, 5.41) is 1.59. The first-order valence-corrected chi connectivity index (χ1v) is 13.7. The summed E-state index contributed by atoms with van der Waals surface area (Å²) < 4.78 is 41.2. The minimum Gasteiger partial charge on any atom is -0.490 e. The molecule has 0 bridgehead atoms. The van der Waals surface area contributed by atoms with Crippen molar-refractivity contribution in [3.05, 3.63) is 95.1 Å². The quantitative estimate of drug-likeness (QED) is 0.270. The molecule has 0 amide bonds. The predicted octanol–water partition coefficient (Wildman–Crippen LogP) is 5.77. The Kier molecular flexibility index (Phi) is 8.05. The van der Waals surface area contributed by atoms with E-state index in [1.807, 2.05) is 94.4 Å². The molecule has 37 heavy (non-hydrogen) atoms. The number of rotatable bonds is 10. The predicted molar refractivity (Wildman–Crippen MR) is 150 cm³/mol. The number of aryl methyl sites for hydroxylation is 3. The van der Waals surface area contributed by atoms with E-state index in [0.29, 0.717) is 24.3 Å². The number of sulfonamides is 1. The van der Waals surface area contributed by atoms with Crippen molar-refractivity contribution in [2.24, 2.45) is 0 Å². The highest BCUT2D eigenvalue weighted by Gasteiger charge is 2.18. The van der Waals surface area contributed by atoms with E-state index in [9.17, 15) is 8.42 Å². The molecule has 0 atom stereocenters. The number of anilines is 1. The van der Waals surface area contributed by atoms with E-state index in [-0.39, 0.29) is 11.4 Å². The van der Waals surface area contributed by atoms with Gasteiger partial charge in [0, 0.05) is 37.1 Å². The minimum atomic E-state index is -3.74. The van der Waals surface area contributed by atoms with Crippen LogP contribution in [-0.4, -0.2) is 35.7 Å². The zero-order valence-corrected chi connectivity index (χ0v) is 22.9. The summed E-state index contributed by atoms with van der Waals surface area (Å²) >= 11 is 0. The van der Waals surface area contributed by atoms with E-state index in [4.69, 9.17) is 9.47 Å². The molecular weight excluding hydrogens is 484 g/mol. The maximum absolute atomic E-state index is 13.3. The highest BCUT2D eigenvalue weighted by Crippen LogP contribution is 2.30. The summed E-state index contributed by atoms with van der Waals surface area (Å²) in [7, 11) is 0.152. The average molecular weight is 519 g/mol. The highest BCUT2D eigenvalue weighted by atomic mass is 32.2. The number of ether oxygens (including phenoxy) is 2. The molecule has 0 unspecified atom stereocenters. The molecule has 6 nitrogen and oxygen atoms in total. The second kappa shape index (κ2) is 11.2. The summed E-state index contributed by atoms with van der Waals surface area (Å²) in [6, 6.07) is 22.9. The molecule has 0 radical (unpaired) electrons. The Bertz CT molecular complexity index is 1510. The molecule has 0 aliphatic heterocycles. The highest BCUT2D eigenvalue weighted by molar-refractivity contribution is 7.89. The monoisotopic (exact) mass is 518 g/mol. The van der Waals surface area contributed by atoms with Gasteiger partial charge in [-0.1, -0.05) is 48.5 Å².